The summed E-state index contributed by atoms with van der Waals surface area (Å²) in [5, 5.41) is 11.0. The maximum absolute atomic E-state index is 13.0. The summed E-state index contributed by atoms with van der Waals surface area (Å²) < 4.78 is 6.74. The van der Waals surface area contributed by atoms with E-state index in [9.17, 15) is 14.4 Å². The zero-order valence-electron chi connectivity index (χ0n) is 17.9. The number of carbonyl (C=O) groups is 1. The minimum atomic E-state index is -0.471. The van der Waals surface area contributed by atoms with Crippen LogP contribution in [-0.2, 0) is 17.8 Å². The zero-order chi connectivity index (χ0) is 22.6. The highest BCUT2D eigenvalue weighted by Crippen LogP contribution is 2.17. The molecule has 2 heterocycles. The van der Waals surface area contributed by atoms with E-state index in [1.54, 1.807) is 6.92 Å². The van der Waals surface area contributed by atoms with E-state index in [0.717, 1.165) is 21.9 Å². The van der Waals surface area contributed by atoms with Crippen LogP contribution in [0.2, 0.25) is 0 Å². The largest absolute Gasteiger partial charge is 0.416 e. The number of aryl methyl sites for hydroxylation is 1. The van der Waals surface area contributed by atoms with Crippen LogP contribution in [0.5, 0.6) is 0 Å². The average molecular weight is 444 g/mol. The molecule has 164 valence electrons. The zero-order valence-corrected chi connectivity index (χ0v) is 18.7. The maximum atomic E-state index is 13.0. The molecule has 1 amide bonds. The van der Waals surface area contributed by atoms with Crippen LogP contribution in [0.15, 0.2) is 49.6 Å². The third kappa shape index (κ3) is 6.17. The first kappa shape index (κ1) is 22.5. The van der Waals surface area contributed by atoms with Crippen molar-refractivity contribution in [2.75, 3.05) is 5.75 Å². The van der Waals surface area contributed by atoms with Crippen LogP contribution < -0.4 is 16.6 Å². The second-order valence-corrected chi connectivity index (χ2v) is 9.06. The first-order valence-corrected chi connectivity index (χ1v) is 10.7. The molecule has 0 saturated carbocycles. The van der Waals surface area contributed by atoms with E-state index in [-0.39, 0.29) is 41.3 Å². The monoisotopic (exact) mass is 443 g/mol. The molecule has 0 aliphatic carbocycles. The van der Waals surface area contributed by atoms with E-state index < -0.39 is 11.2 Å². The third-order valence-electron chi connectivity index (χ3n) is 4.30. The Morgan fingerprint density at radius 3 is 2.58 bits per heavy atom. The molecule has 1 aromatic carbocycles. The molecule has 0 atom stereocenters. The van der Waals surface area contributed by atoms with Crippen molar-refractivity contribution in [3.63, 3.8) is 0 Å². The van der Waals surface area contributed by atoms with Crippen LogP contribution in [-0.4, -0.2) is 36.9 Å². The summed E-state index contributed by atoms with van der Waals surface area (Å²) in [7, 11) is 0. The summed E-state index contributed by atoms with van der Waals surface area (Å²) in [5.74, 6) is 0.232. The van der Waals surface area contributed by atoms with Gasteiger partial charge in [0, 0.05) is 16.8 Å². The fourth-order valence-corrected chi connectivity index (χ4v) is 3.52. The number of amides is 1. The normalized spacial score (nSPS) is 11.5. The van der Waals surface area contributed by atoms with Crippen LogP contribution in [0.3, 0.4) is 0 Å². The molecule has 31 heavy (non-hydrogen) atoms. The molecule has 3 aromatic rings. The van der Waals surface area contributed by atoms with Gasteiger partial charge in [-0.15, -0.1) is 10.2 Å². The van der Waals surface area contributed by atoms with E-state index in [1.807, 2.05) is 51.1 Å². The van der Waals surface area contributed by atoms with Gasteiger partial charge in [0.1, 0.15) is 0 Å². The molecule has 9 nitrogen and oxygen atoms in total. The summed E-state index contributed by atoms with van der Waals surface area (Å²) in [6.07, 6.45) is 0.0813. The molecule has 0 radical (unpaired) electrons. The van der Waals surface area contributed by atoms with Crippen LogP contribution in [0.1, 0.15) is 43.5 Å². The predicted molar refractivity (Wildman–Crippen MR) is 117 cm³/mol. The smallest absolute Gasteiger partial charge is 0.328 e. The van der Waals surface area contributed by atoms with Crippen molar-refractivity contribution in [2.45, 2.75) is 51.4 Å². The lowest BCUT2D eigenvalue weighted by molar-refractivity contribution is -0.119. The number of aromatic amines is 1. The van der Waals surface area contributed by atoms with Gasteiger partial charge in [-0.2, -0.15) is 0 Å². The number of hydrogen-bond donors (Lipinski definition) is 2. The number of aromatic nitrogens is 4. The van der Waals surface area contributed by atoms with Gasteiger partial charge < -0.3 is 14.7 Å². The van der Waals surface area contributed by atoms with Crippen molar-refractivity contribution < 1.29 is 9.21 Å². The van der Waals surface area contributed by atoms with Crippen molar-refractivity contribution in [1.82, 2.24) is 25.1 Å². The summed E-state index contributed by atoms with van der Waals surface area (Å²) in [6.45, 7) is 7.52. The van der Waals surface area contributed by atoms with Gasteiger partial charge in [-0.25, -0.2) is 4.79 Å². The number of nitrogens with one attached hydrogen (secondary N) is 2. The van der Waals surface area contributed by atoms with E-state index in [1.165, 1.54) is 0 Å². The summed E-state index contributed by atoms with van der Waals surface area (Å²) in [5.41, 5.74) is 0.482. The van der Waals surface area contributed by atoms with Crippen molar-refractivity contribution >= 4 is 17.7 Å². The van der Waals surface area contributed by atoms with Crippen molar-refractivity contribution in [3.8, 4) is 0 Å². The van der Waals surface area contributed by atoms with Gasteiger partial charge in [0.25, 0.3) is 10.8 Å². The maximum Gasteiger partial charge on any atom is 0.328 e. The van der Waals surface area contributed by atoms with Gasteiger partial charge in [-0.3, -0.25) is 14.2 Å². The van der Waals surface area contributed by atoms with E-state index >= 15 is 0 Å². The third-order valence-corrected chi connectivity index (χ3v) is 5.12. The molecule has 0 fully saturated rings. The Labute approximate surface area is 183 Å². The molecular weight excluding hydrogens is 418 g/mol. The molecule has 0 spiro atoms. The summed E-state index contributed by atoms with van der Waals surface area (Å²) in [4.78, 5) is 40.0. The quantitative estimate of drug-likeness (QED) is 0.535. The number of hydrogen-bond acceptors (Lipinski definition) is 7. The fraction of sp³-hybridized carbons (Fsp3) is 0.381. The van der Waals surface area contributed by atoms with Gasteiger partial charge in [-0.1, -0.05) is 42.1 Å². The molecule has 10 heteroatoms. The van der Waals surface area contributed by atoms with Gasteiger partial charge in [-0.05, 0) is 33.3 Å². The van der Waals surface area contributed by atoms with Crippen molar-refractivity contribution in [1.29, 1.82) is 0 Å². The second kappa shape index (κ2) is 9.34. The van der Waals surface area contributed by atoms with E-state index in [2.05, 4.69) is 20.5 Å². The molecule has 2 aromatic heterocycles. The summed E-state index contributed by atoms with van der Waals surface area (Å²) in [6, 6.07) is 9.27. The molecule has 2 N–H and O–H groups in total. The van der Waals surface area contributed by atoms with Gasteiger partial charge in [0.15, 0.2) is 0 Å². The van der Waals surface area contributed by atoms with Crippen LogP contribution in [0.4, 0.5) is 0 Å². The molecule has 0 bridgehead atoms. The Morgan fingerprint density at radius 2 is 1.90 bits per heavy atom. The van der Waals surface area contributed by atoms with Crippen molar-refractivity contribution in [3.05, 3.63) is 73.9 Å². The Hall–Kier alpha value is -3.14. The SMILES string of the molecule is Cc1[nH]c(=O)n(Cc2ccccc2)c(=O)c1Cc1nnc(SCC(=O)NC(C)(C)C)o1. The Balaban J connectivity index is 1.74. The van der Waals surface area contributed by atoms with Gasteiger partial charge >= 0.3 is 5.69 Å². The van der Waals surface area contributed by atoms with Gasteiger partial charge in [0.05, 0.1) is 18.7 Å². The first-order valence-electron chi connectivity index (χ1n) is 9.75. The van der Waals surface area contributed by atoms with Crippen LogP contribution in [0.25, 0.3) is 0 Å². The number of benzene rings is 1. The van der Waals surface area contributed by atoms with Crippen LogP contribution in [0, 0.1) is 6.92 Å². The lowest BCUT2D eigenvalue weighted by atomic mass is 10.1. The average Bonchev–Trinajstić information content (AvgIpc) is 3.14. The number of H-pyrrole nitrogens is 1. The van der Waals surface area contributed by atoms with Gasteiger partial charge in [0.2, 0.25) is 11.8 Å². The lowest BCUT2D eigenvalue weighted by Gasteiger charge is -2.19. The molecule has 3 rings (SSSR count). The minimum Gasteiger partial charge on any atom is -0.416 e. The number of carbonyl (C=O) groups excluding carboxylic acids is 1. The minimum absolute atomic E-state index is 0.0813. The number of thioether (sulfide) groups is 1. The standard InChI is InChI=1S/C21H25N5O4S/c1-13-15(18(28)26(19(29)22-13)11-14-8-6-5-7-9-14)10-17-24-25-20(30-17)31-12-16(27)23-21(2,3)4/h5-9H,10-12H2,1-4H3,(H,22,29)(H,23,27). The highest BCUT2D eigenvalue weighted by molar-refractivity contribution is 7.99. The highest BCUT2D eigenvalue weighted by atomic mass is 32.2. The Kier molecular flexibility index (Phi) is 6.79. The topological polar surface area (TPSA) is 123 Å². The molecular formula is C21H25N5O4S. The first-order chi connectivity index (χ1) is 14.6. The Bertz CT molecular complexity index is 1170. The molecule has 0 unspecified atom stereocenters. The number of nitrogens with zero attached hydrogens (tertiary/aromatic N) is 3. The fourth-order valence-electron chi connectivity index (χ4n) is 2.94. The van der Waals surface area contributed by atoms with Crippen molar-refractivity contribution in [2.24, 2.45) is 0 Å². The lowest BCUT2D eigenvalue weighted by Crippen LogP contribution is -2.41. The molecule has 0 saturated heterocycles. The number of rotatable bonds is 7. The second-order valence-electron chi connectivity index (χ2n) is 8.14. The predicted octanol–water partition coefficient (Wildman–Crippen LogP) is 1.87. The molecule has 0 aliphatic heterocycles. The summed E-state index contributed by atoms with van der Waals surface area (Å²) >= 11 is 1.12. The highest BCUT2D eigenvalue weighted by Gasteiger charge is 2.18. The van der Waals surface area contributed by atoms with Crippen LogP contribution >= 0.6 is 11.8 Å². The molecule has 0 aliphatic rings. The Morgan fingerprint density at radius 1 is 1.19 bits per heavy atom. The van der Waals surface area contributed by atoms with E-state index in [0.29, 0.717) is 11.3 Å². The van der Waals surface area contributed by atoms with E-state index in [4.69, 9.17) is 4.42 Å².